The van der Waals surface area contributed by atoms with Crippen LogP contribution in [0.3, 0.4) is 0 Å². The topological polar surface area (TPSA) is 111 Å². The molecule has 0 radical (unpaired) electrons. The van der Waals surface area contributed by atoms with Crippen molar-refractivity contribution in [3.05, 3.63) is 51.9 Å². The van der Waals surface area contributed by atoms with Crippen LogP contribution in [-0.2, 0) is 0 Å². The van der Waals surface area contributed by atoms with Crippen LogP contribution < -0.4 is 16.2 Å². The minimum Gasteiger partial charge on any atom is -0.422 e. The maximum Gasteiger partial charge on any atom is 0.231 e. The molecule has 4 N–H and O–H groups in total. The Morgan fingerprint density at radius 3 is 2.78 bits per heavy atom. The number of aromatic nitrogens is 2. The fourth-order valence-corrected chi connectivity index (χ4v) is 3.03. The summed E-state index contributed by atoms with van der Waals surface area (Å²) in [6.07, 6.45) is 1.83. The number of fused-ring (bicyclic) bond motifs is 1. The number of halogens is 1. The molecule has 1 aliphatic rings. The molecule has 0 saturated heterocycles. The SMILES string of the molecule is CSc1nc(N)c2c(n1)OC(N)=C(C#N)C2c1cccc(Cl)c1. The lowest BCUT2D eigenvalue weighted by atomic mass is 9.85. The summed E-state index contributed by atoms with van der Waals surface area (Å²) in [6.45, 7) is 0. The molecule has 3 rings (SSSR count). The summed E-state index contributed by atoms with van der Waals surface area (Å²) in [5.41, 5.74) is 13.6. The summed E-state index contributed by atoms with van der Waals surface area (Å²) < 4.78 is 5.50. The zero-order valence-electron chi connectivity index (χ0n) is 12.1. The van der Waals surface area contributed by atoms with Gasteiger partial charge in [-0.15, -0.1) is 0 Å². The van der Waals surface area contributed by atoms with Crippen molar-refractivity contribution in [3.8, 4) is 11.9 Å². The number of ether oxygens (including phenoxy) is 1. The molecule has 116 valence electrons. The first-order chi connectivity index (χ1) is 11.0. The third-order valence-corrected chi connectivity index (χ3v) is 4.24. The highest BCUT2D eigenvalue weighted by Gasteiger charge is 2.34. The number of allylic oxidation sites excluding steroid dienone is 1. The summed E-state index contributed by atoms with van der Waals surface area (Å²) in [5, 5.41) is 10.5. The third-order valence-electron chi connectivity index (χ3n) is 3.45. The molecule has 1 unspecified atom stereocenters. The van der Waals surface area contributed by atoms with E-state index in [4.69, 9.17) is 27.8 Å². The Labute approximate surface area is 142 Å². The molecular formula is C15H12ClN5OS. The van der Waals surface area contributed by atoms with Gasteiger partial charge in [-0.25, -0.2) is 4.98 Å². The summed E-state index contributed by atoms with van der Waals surface area (Å²) in [7, 11) is 0. The first-order valence-electron chi connectivity index (χ1n) is 6.59. The number of nitriles is 1. The lowest BCUT2D eigenvalue weighted by molar-refractivity contribution is 0.373. The summed E-state index contributed by atoms with van der Waals surface area (Å²) in [6, 6.07) is 9.24. The molecule has 0 spiro atoms. The average Bonchev–Trinajstić information content (AvgIpc) is 2.53. The van der Waals surface area contributed by atoms with E-state index in [-0.39, 0.29) is 23.2 Å². The Morgan fingerprint density at radius 2 is 2.13 bits per heavy atom. The van der Waals surface area contributed by atoms with Gasteiger partial charge in [0.2, 0.25) is 11.8 Å². The van der Waals surface area contributed by atoms with Crippen LogP contribution in [0.5, 0.6) is 5.88 Å². The molecule has 0 aliphatic carbocycles. The minimum atomic E-state index is -0.515. The number of nitrogens with zero attached hydrogens (tertiary/aromatic N) is 3. The Morgan fingerprint density at radius 1 is 1.35 bits per heavy atom. The molecule has 1 atom stereocenters. The average molecular weight is 346 g/mol. The second kappa shape index (κ2) is 5.99. The van der Waals surface area contributed by atoms with Crippen LogP contribution in [0.25, 0.3) is 0 Å². The van der Waals surface area contributed by atoms with E-state index < -0.39 is 5.92 Å². The highest BCUT2D eigenvalue weighted by molar-refractivity contribution is 7.98. The van der Waals surface area contributed by atoms with Crippen molar-refractivity contribution < 1.29 is 4.74 Å². The smallest absolute Gasteiger partial charge is 0.231 e. The van der Waals surface area contributed by atoms with Gasteiger partial charge in [-0.3, -0.25) is 0 Å². The predicted molar refractivity (Wildman–Crippen MR) is 89.0 cm³/mol. The molecule has 1 aromatic heterocycles. The minimum absolute atomic E-state index is 0.00938. The molecule has 0 bridgehead atoms. The van der Waals surface area contributed by atoms with Crippen LogP contribution in [0, 0.1) is 11.3 Å². The zero-order valence-corrected chi connectivity index (χ0v) is 13.6. The van der Waals surface area contributed by atoms with E-state index in [1.54, 1.807) is 18.2 Å². The summed E-state index contributed by atoms with van der Waals surface area (Å²) >= 11 is 7.42. The van der Waals surface area contributed by atoms with E-state index in [1.807, 2.05) is 12.3 Å². The van der Waals surface area contributed by atoms with Crippen molar-refractivity contribution in [2.24, 2.45) is 5.73 Å². The largest absolute Gasteiger partial charge is 0.422 e. The Bertz CT molecular complexity index is 861. The predicted octanol–water partition coefficient (Wildman–Crippen LogP) is 2.65. The second-order valence-corrected chi connectivity index (χ2v) is 6.00. The Hall–Kier alpha value is -2.43. The van der Waals surface area contributed by atoms with E-state index in [2.05, 4.69) is 16.0 Å². The quantitative estimate of drug-likeness (QED) is 0.635. The fraction of sp³-hybridized carbons (Fsp3) is 0.133. The third kappa shape index (κ3) is 2.67. The normalized spacial score (nSPS) is 16.5. The monoisotopic (exact) mass is 345 g/mol. The van der Waals surface area contributed by atoms with E-state index in [0.717, 1.165) is 5.56 Å². The van der Waals surface area contributed by atoms with E-state index in [1.165, 1.54) is 11.8 Å². The van der Waals surface area contributed by atoms with Gasteiger partial charge in [0.15, 0.2) is 5.16 Å². The number of rotatable bonds is 2. The van der Waals surface area contributed by atoms with Crippen molar-refractivity contribution in [2.75, 3.05) is 12.0 Å². The highest BCUT2D eigenvalue weighted by atomic mass is 35.5. The molecule has 1 aromatic carbocycles. The maximum atomic E-state index is 9.49. The molecule has 0 saturated carbocycles. The second-order valence-electron chi connectivity index (χ2n) is 4.79. The van der Waals surface area contributed by atoms with Gasteiger partial charge in [-0.1, -0.05) is 35.5 Å². The van der Waals surface area contributed by atoms with Gasteiger partial charge >= 0.3 is 0 Å². The first-order valence-corrected chi connectivity index (χ1v) is 8.20. The van der Waals surface area contributed by atoms with Gasteiger partial charge in [0, 0.05) is 5.02 Å². The van der Waals surface area contributed by atoms with Crippen molar-refractivity contribution in [1.29, 1.82) is 5.26 Å². The first kappa shape index (κ1) is 15.5. The van der Waals surface area contributed by atoms with Crippen molar-refractivity contribution in [3.63, 3.8) is 0 Å². The van der Waals surface area contributed by atoms with Crippen molar-refractivity contribution in [2.45, 2.75) is 11.1 Å². The summed E-state index contributed by atoms with van der Waals surface area (Å²) in [4.78, 5) is 8.54. The van der Waals surface area contributed by atoms with Crippen LogP contribution in [0.1, 0.15) is 17.0 Å². The fourth-order valence-electron chi connectivity index (χ4n) is 2.47. The van der Waals surface area contributed by atoms with Gasteiger partial charge < -0.3 is 16.2 Å². The van der Waals surface area contributed by atoms with Gasteiger partial charge in [0.1, 0.15) is 17.5 Å². The molecule has 1 aliphatic heterocycles. The van der Waals surface area contributed by atoms with Crippen molar-refractivity contribution >= 4 is 29.2 Å². The van der Waals surface area contributed by atoms with Gasteiger partial charge in [-0.05, 0) is 24.0 Å². The van der Waals surface area contributed by atoms with E-state index >= 15 is 0 Å². The number of nitrogens with two attached hydrogens (primary N) is 2. The van der Waals surface area contributed by atoms with Gasteiger partial charge in [0.05, 0.1) is 11.5 Å². The standard InChI is InChI=1S/C15H12ClN5OS/c1-23-15-20-12(18)11-10(7-3-2-4-8(16)5-7)9(6-17)13(19)22-14(11)21-15/h2-5,10H,19H2,1H3,(H2,18,20,21). The molecular weight excluding hydrogens is 334 g/mol. The molecule has 6 nitrogen and oxygen atoms in total. The number of benzene rings is 1. The number of nitrogen functional groups attached to an aromatic ring is 1. The summed E-state index contributed by atoms with van der Waals surface area (Å²) in [5.74, 6) is 0.0152. The Kier molecular flexibility index (Phi) is 4.03. The van der Waals surface area contributed by atoms with Gasteiger partial charge in [0.25, 0.3) is 0 Å². The lowest BCUT2D eigenvalue weighted by Gasteiger charge is -2.26. The van der Waals surface area contributed by atoms with Crippen LogP contribution in [0.4, 0.5) is 5.82 Å². The molecule has 2 aromatic rings. The molecule has 2 heterocycles. The number of hydrogen-bond donors (Lipinski definition) is 2. The lowest BCUT2D eigenvalue weighted by Crippen LogP contribution is -2.23. The number of hydrogen-bond acceptors (Lipinski definition) is 7. The molecule has 8 heteroatoms. The van der Waals surface area contributed by atoms with E-state index in [0.29, 0.717) is 15.7 Å². The molecule has 0 fully saturated rings. The van der Waals surface area contributed by atoms with Crippen LogP contribution in [-0.4, -0.2) is 16.2 Å². The number of thioether (sulfide) groups is 1. The maximum absolute atomic E-state index is 9.49. The molecule has 23 heavy (non-hydrogen) atoms. The van der Waals surface area contributed by atoms with Crippen LogP contribution in [0.15, 0.2) is 40.9 Å². The van der Waals surface area contributed by atoms with Crippen LogP contribution in [0.2, 0.25) is 5.02 Å². The molecule has 0 amide bonds. The van der Waals surface area contributed by atoms with Crippen LogP contribution >= 0.6 is 23.4 Å². The number of anilines is 1. The Balaban J connectivity index is 2.27. The van der Waals surface area contributed by atoms with E-state index in [9.17, 15) is 5.26 Å². The van der Waals surface area contributed by atoms with Gasteiger partial charge in [-0.2, -0.15) is 10.2 Å². The zero-order chi connectivity index (χ0) is 16.6. The highest BCUT2D eigenvalue weighted by Crippen LogP contribution is 2.44. The van der Waals surface area contributed by atoms with Crippen molar-refractivity contribution in [1.82, 2.24) is 9.97 Å².